The van der Waals surface area contributed by atoms with Crippen molar-refractivity contribution in [2.75, 3.05) is 24.4 Å². The number of methoxy groups -OCH3 is 2. The number of benzene rings is 2. The molecule has 0 radical (unpaired) electrons. The number of anilines is 2. The Bertz CT molecular complexity index is 1140. The quantitative estimate of drug-likeness (QED) is 0.718. The number of esters is 2. The number of carbonyl (C=O) groups is 3. The van der Waals surface area contributed by atoms with Gasteiger partial charge in [0.05, 0.1) is 19.8 Å². The number of allylic oxidation sites excluding steroid dienone is 2. The highest BCUT2D eigenvalue weighted by molar-refractivity contribution is 6.06. The van der Waals surface area contributed by atoms with Crippen LogP contribution in [0.4, 0.5) is 11.4 Å². The molecule has 0 unspecified atom stereocenters. The van der Waals surface area contributed by atoms with E-state index in [2.05, 4.69) is 5.32 Å². The summed E-state index contributed by atoms with van der Waals surface area (Å²) in [5.74, 6) is -1.62. The Hall–Kier alpha value is -4.13. The van der Waals surface area contributed by atoms with Crippen molar-refractivity contribution < 1.29 is 23.9 Å². The second-order valence-corrected chi connectivity index (χ2v) is 7.14. The number of amides is 1. The fraction of sp³-hybridized carbons (Fsp3) is 0.160. The first-order valence-electron chi connectivity index (χ1n) is 9.89. The number of hydrogen-bond acceptors (Lipinski definition) is 6. The average molecular weight is 432 g/mol. The molecule has 0 aromatic heterocycles. The van der Waals surface area contributed by atoms with Gasteiger partial charge in [0.25, 0.3) is 5.91 Å². The lowest BCUT2D eigenvalue weighted by Gasteiger charge is -2.24. The van der Waals surface area contributed by atoms with Gasteiger partial charge in [0.1, 0.15) is 5.70 Å². The third-order valence-electron chi connectivity index (χ3n) is 4.95. The summed E-state index contributed by atoms with van der Waals surface area (Å²) in [6.07, 6.45) is 6.44. The maximum Gasteiger partial charge on any atom is 0.355 e. The van der Waals surface area contributed by atoms with Crippen molar-refractivity contribution in [3.63, 3.8) is 0 Å². The predicted molar refractivity (Wildman–Crippen MR) is 122 cm³/mol. The molecule has 7 nitrogen and oxygen atoms in total. The smallest absolute Gasteiger partial charge is 0.355 e. The van der Waals surface area contributed by atoms with Crippen molar-refractivity contribution >= 4 is 29.2 Å². The maximum atomic E-state index is 12.7. The maximum absolute atomic E-state index is 12.7. The van der Waals surface area contributed by atoms with Crippen molar-refractivity contribution in [2.24, 2.45) is 0 Å². The van der Waals surface area contributed by atoms with Crippen LogP contribution >= 0.6 is 0 Å². The summed E-state index contributed by atoms with van der Waals surface area (Å²) in [7, 11) is 2.48. The second kappa shape index (κ2) is 9.78. The van der Waals surface area contributed by atoms with Gasteiger partial charge in [0, 0.05) is 23.1 Å². The Morgan fingerprint density at radius 2 is 1.56 bits per heavy atom. The highest BCUT2D eigenvalue weighted by atomic mass is 16.5. The molecule has 1 amide bonds. The van der Waals surface area contributed by atoms with E-state index in [0.29, 0.717) is 16.9 Å². The molecule has 2 aromatic rings. The zero-order valence-electron chi connectivity index (χ0n) is 18.3. The minimum Gasteiger partial charge on any atom is -0.465 e. The molecule has 0 fully saturated rings. The van der Waals surface area contributed by atoms with Gasteiger partial charge >= 0.3 is 11.9 Å². The molecule has 0 saturated heterocycles. The molecule has 1 aliphatic heterocycles. The van der Waals surface area contributed by atoms with Crippen molar-refractivity contribution in [3.05, 3.63) is 94.9 Å². The zero-order valence-corrected chi connectivity index (χ0v) is 18.3. The normalized spacial score (nSPS) is 12.9. The first-order chi connectivity index (χ1) is 15.3. The minimum absolute atomic E-state index is 0.00372. The van der Waals surface area contributed by atoms with Crippen LogP contribution in [0.3, 0.4) is 0 Å². The van der Waals surface area contributed by atoms with E-state index in [1.54, 1.807) is 42.6 Å². The summed E-state index contributed by atoms with van der Waals surface area (Å²) >= 11 is 0. The summed E-state index contributed by atoms with van der Waals surface area (Å²) < 4.78 is 9.76. The van der Waals surface area contributed by atoms with Crippen LogP contribution in [0, 0.1) is 13.8 Å². The number of carbonyl (C=O) groups excluding carboxylic acids is 3. The molecule has 32 heavy (non-hydrogen) atoms. The van der Waals surface area contributed by atoms with E-state index in [1.165, 1.54) is 25.2 Å². The van der Waals surface area contributed by atoms with Crippen LogP contribution < -0.4 is 10.2 Å². The molecule has 0 bridgehead atoms. The van der Waals surface area contributed by atoms with Gasteiger partial charge in [0.15, 0.2) is 0 Å². The van der Waals surface area contributed by atoms with E-state index in [9.17, 15) is 14.4 Å². The number of nitrogens with zero attached hydrogens (tertiary/aromatic N) is 1. The van der Waals surface area contributed by atoms with Crippen LogP contribution in [0.25, 0.3) is 0 Å². The Labute approximate surface area is 186 Å². The van der Waals surface area contributed by atoms with E-state index < -0.39 is 11.9 Å². The van der Waals surface area contributed by atoms with Gasteiger partial charge in [-0.3, -0.25) is 4.79 Å². The van der Waals surface area contributed by atoms with Crippen LogP contribution in [0.5, 0.6) is 0 Å². The largest absolute Gasteiger partial charge is 0.465 e. The van der Waals surface area contributed by atoms with Crippen LogP contribution in [0.15, 0.2) is 78.2 Å². The summed E-state index contributed by atoms with van der Waals surface area (Å²) in [6, 6.07) is 12.6. The Balaban J connectivity index is 2.02. The van der Waals surface area contributed by atoms with Crippen LogP contribution in [-0.4, -0.2) is 32.1 Å². The monoisotopic (exact) mass is 432 g/mol. The molecular formula is C25H24N2O5. The number of nitrogens with one attached hydrogen (secondary N) is 1. The van der Waals surface area contributed by atoms with Gasteiger partial charge in [-0.05, 0) is 55.8 Å². The number of hydrogen-bond donors (Lipinski definition) is 1. The molecular weight excluding hydrogens is 408 g/mol. The van der Waals surface area contributed by atoms with Crippen LogP contribution in [-0.2, 0) is 19.1 Å². The Kier molecular flexibility index (Phi) is 6.90. The molecule has 0 atom stereocenters. The SMILES string of the molecule is COC(=O)C1=C(C(=O)OC)N(c2ccc(C)c(NC(=O)c3ccc(C)cc3)c2)C=CC=C1. The summed E-state index contributed by atoms with van der Waals surface area (Å²) in [4.78, 5) is 39.2. The summed E-state index contributed by atoms with van der Waals surface area (Å²) in [5.41, 5.74) is 3.61. The highest BCUT2D eigenvalue weighted by Crippen LogP contribution is 2.30. The number of ether oxygens (including phenoxy) is 2. The topological polar surface area (TPSA) is 84.9 Å². The highest BCUT2D eigenvalue weighted by Gasteiger charge is 2.27. The summed E-state index contributed by atoms with van der Waals surface area (Å²) in [5, 5.41) is 2.92. The number of rotatable bonds is 5. The third-order valence-corrected chi connectivity index (χ3v) is 4.95. The molecule has 0 spiro atoms. The standard InChI is InChI=1S/C25H24N2O5/c1-16-8-11-18(12-9-16)23(28)26-21-15-19(13-10-17(21)2)27-14-6-5-7-20(24(29)31-3)22(27)25(30)32-4/h5-15H,1-4H3,(H,26,28). The van der Waals surface area contributed by atoms with E-state index >= 15 is 0 Å². The van der Waals surface area contributed by atoms with Crippen molar-refractivity contribution in [2.45, 2.75) is 13.8 Å². The molecule has 1 N–H and O–H groups in total. The summed E-state index contributed by atoms with van der Waals surface area (Å²) in [6.45, 7) is 3.82. The molecule has 0 aliphatic carbocycles. The van der Waals surface area contributed by atoms with E-state index in [1.807, 2.05) is 32.0 Å². The second-order valence-electron chi connectivity index (χ2n) is 7.14. The fourth-order valence-electron chi connectivity index (χ4n) is 3.16. The lowest BCUT2D eigenvalue weighted by Crippen LogP contribution is -2.27. The molecule has 7 heteroatoms. The van der Waals surface area contributed by atoms with E-state index in [0.717, 1.165) is 11.1 Å². The van der Waals surface area contributed by atoms with E-state index in [4.69, 9.17) is 9.47 Å². The van der Waals surface area contributed by atoms with Gasteiger partial charge < -0.3 is 19.7 Å². The number of aryl methyl sites for hydroxylation is 2. The van der Waals surface area contributed by atoms with Crippen molar-refractivity contribution in [3.8, 4) is 0 Å². The lowest BCUT2D eigenvalue weighted by molar-refractivity contribution is -0.139. The lowest BCUT2D eigenvalue weighted by atomic mass is 10.1. The molecule has 3 rings (SSSR count). The molecule has 0 saturated carbocycles. The molecule has 2 aromatic carbocycles. The molecule has 164 valence electrons. The van der Waals surface area contributed by atoms with Crippen molar-refractivity contribution in [1.29, 1.82) is 0 Å². The molecule has 1 heterocycles. The van der Waals surface area contributed by atoms with Gasteiger partial charge in [-0.25, -0.2) is 9.59 Å². The predicted octanol–water partition coefficient (Wildman–Crippen LogP) is 4.05. The first-order valence-corrected chi connectivity index (χ1v) is 9.89. The Morgan fingerprint density at radius 3 is 2.22 bits per heavy atom. The zero-order chi connectivity index (χ0) is 23.3. The average Bonchev–Trinajstić information content (AvgIpc) is 3.03. The van der Waals surface area contributed by atoms with Crippen LogP contribution in [0.2, 0.25) is 0 Å². The van der Waals surface area contributed by atoms with Gasteiger partial charge in [-0.2, -0.15) is 0 Å². The molecule has 1 aliphatic rings. The van der Waals surface area contributed by atoms with Crippen molar-refractivity contribution in [1.82, 2.24) is 0 Å². The van der Waals surface area contributed by atoms with Gasteiger partial charge in [-0.1, -0.05) is 29.8 Å². The van der Waals surface area contributed by atoms with Gasteiger partial charge in [0.2, 0.25) is 0 Å². The fourth-order valence-corrected chi connectivity index (χ4v) is 3.16. The minimum atomic E-state index is -0.701. The van der Waals surface area contributed by atoms with E-state index in [-0.39, 0.29) is 17.2 Å². The van der Waals surface area contributed by atoms with Gasteiger partial charge in [-0.15, -0.1) is 0 Å². The Morgan fingerprint density at radius 1 is 0.875 bits per heavy atom. The van der Waals surface area contributed by atoms with Crippen LogP contribution in [0.1, 0.15) is 21.5 Å². The first kappa shape index (κ1) is 22.6. The third kappa shape index (κ3) is 4.78.